The minimum absolute atomic E-state index is 0.881. The lowest BCUT2D eigenvalue weighted by Gasteiger charge is -2.19. The van der Waals surface area contributed by atoms with E-state index in [-0.39, 0.29) is 0 Å². The Morgan fingerprint density at radius 2 is 2.18 bits per heavy atom. The van der Waals surface area contributed by atoms with Crippen LogP contribution >= 0.6 is 11.3 Å². The Morgan fingerprint density at radius 1 is 1.41 bits per heavy atom. The number of hydrogen-bond donors (Lipinski definition) is 1. The third-order valence-corrected chi connectivity index (χ3v) is 4.47. The first-order valence-corrected chi connectivity index (χ1v) is 7.40. The molecule has 1 N–H and O–H groups in total. The second kappa shape index (κ2) is 5.94. The van der Waals surface area contributed by atoms with E-state index in [1.807, 2.05) is 11.3 Å². The summed E-state index contributed by atoms with van der Waals surface area (Å²) in [6.45, 7) is 10.8. The predicted octanol–water partition coefficient (Wildman–Crippen LogP) is 2.33. The van der Waals surface area contributed by atoms with Gasteiger partial charge in [0.25, 0.3) is 0 Å². The first kappa shape index (κ1) is 13.0. The van der Waals surface area contributed by atoms with Crippen molar-refractivity contribution in [3.63, 3.8) is 0 Å². The van der Waals surface area contributed by atoms with Crippen LogP contribution in [0.1, 0.15) is 35.3 Å². The molecule has 1 aromatic rings. The largest absolute Gasteiger partial charge is 0.309 e. The van der Waals surface area contributed by atoms with Crippen LogP contribution in [0.4, 0.5) is 0 Å². The molecule has 96 valence electrons. The van der Waals surface area contributed by atoms with E-state index in [0.29, 0.717) is 0 Å². The molecule has 1 aromatic heterocycles. The Hall–Kier alpha value is -0.450. The van der Waals surface area contributed by atoms with Gasteiger partial charge < -0.3 is 5.32 Å². The Bertz CT molecular complexity index is 338. The summed E-state index contributed by atoms with van der Waals surface area (Å²) in [4.78, 5) is 8.45. The molecule has 0 aromatic carbocycles. The van der Waals surface area contributed by atoms with E-state index in [2.05, 4.69) is 36.0 Å². The molecule has 1 heterocycles. The number of likely N-dealkylation sites (N-methyl/N-ethyl adjacent to an activating group) is 1. The Labute approximate surface area is 108 Å². The highest BCUT2D eigenvalue weighted by Crippen LogP contribution is 2.25. The lowest BCUT2D eigenvalue weighted by atomic mass is 10.4. The van der Waals surface area contributed by atoms with Gasteiger partial charge in [0.05, 0.1) is 5.69 Å². The standard InChI is InChI=1S/C13H23N3S/c1-4-16(12-5-6-12)8-7-14-9-13-15-10(2)11(3)17-13/h12,14H,4-9H2,1-3H3. The predicted molar refractivity (Wildman–Crippen MR) is 73.6 cm³/mol. The first-order chi connectivity index (χ1) is 8.20. The van der Waals surface area contributed by atoms with Crippen molar-refractivity contribution in [2.75, 3.05) is 19.6 Å². The van der Waals surface area contributed by atoms with Crippen molar-refractivity contribution in [3.05, 3.63) is 15.6 Å². The van der Waals surface area contributed by atoms with E-state index < -0.39 is 0 Å². The van der Waals surface area contributed by atoms with Crippen LogP contribution in [-0.4, -0.2) is 35.6 Å². The third-order valence-electron chi connectivity index (χ3n) is 3.39. The van der Waals surface area contributed by atoms with E-state index in [1.54, 1.807) is 0 Å². The van der Waals surface area contributed by atoms with Crippen molar-refractivity contribution in [2.24, 2.45) is 0 Å². The van der Waals surface area contributed by atoms with Gasteiger partial charge in [-0.3, -0.25) is 4.90 Å². The molecule has 0 aliphatic heterocycles. The molecule has 0 atom stereocenters. The average Bonchev–Trinajstić information content (AvgIpc) is 3.08. The zero-order chi connectivity index (χ0) is 12.3. The highest BCUT2D eigenvalue weighted by molar-refractivity contribution is 7.11. The number of rotatable bonds is 7. The van der Waals surface area contributed by atoms with E-state index in [4.69, 9.17) is 0 Å². The van der Waals surface area contributed by atoms with Crippen molar-refractivity contribution in [3.8, 4) is 0 Å². The van der Waals surface area contributed by atoms with Crippen LogP contribution in [0.2, 0.25) is 0 Å². The maximum absolute atomic E-state index is 4.54. The molecule has 1 aliphatic rings. The fourth-order valence-electron chi connectivity index (χ4n) is 2.07. The number of aryl methyl sites for hydroxylation is 2. The van der Waals surface area contributed by atoms with Gasteiger partial charge in [0.15, 0.2) is 0 Å². The molecule has 0 saturated heterocycles. The van der Waals surface area contributed by atoms with Crippen LogP contribution in [-0.2, 0) is 6.54 Å². The van der Waals surface area contributed by atoms with Crippen molar-refractivity contribution in [2.45, 2.75) is 46.2 Å². The molecule has 0 bridgehead atoms. The zero-order valence-corrected chi connectivity index (χ0v) is 11.9. The van der Waals surface area contributed by atoms with Gasteiger partial charge in [-0.25, -0.2) is 4.98 Å². The van der Waals surface area contributed by atoms with Crippen LogP contribution in [0.3, 0.4) is 0 Å². The Balaban J connectivity index is 1.65. The molecule has 1 aliphatic carbocycles. The molecule has 0 spiro atoms. The summed E-state index contributed by atoms with van der Waals surface area (Å²) in [5, 5.41) is 4.71. The molecule has 17 heavy (non-hydrogen) atoms. The maximum atomic E-state index is 4.54. The normalized spacial score (nSPS) is 15.8. The van der Waals surface area contributed by atoms with Crippen molar-refractivity contribution in [1.82, 2.24) is 15.2 Å². The molecule has 0 unspecified atom stereocenters. The van der Waals surface area contributed by atoms with Crippen LogP contribution in [0.25, 0.3) is 0 Å². The highest BCUT2D eigenvalue weighted by atomic mass is 32.1. The molecule has 0 amide bonds. The number of nitrogens with one attached hydrogen (secondary N) is 1. The molecule has 2 rings (SSSR count). The second-order valence-corrected chi connectivity index (χ2v) is 6.07. The number of hydrogen-bond acceptors (Lipinski definition) is 4. The number of aromatic nitrogens is 1. The van der Waals surface area contributed by atoms with Crippen molar-refractivity contribution < 1.29 is 0 Å². The van der Waals surface area contributed by atoms with Gasteiger partial charge in [-0.2, -0.15) is 0 Å². The van der Waals surface area contributed by atoms with Crippen LogP contribution < -0.4 is 5.32 Å². The lowest BCUT2D eigenvalue weighted by Crippen LogP contribution is -2.33. The molecule has 1 saturated carbocycles. The van der Waals surface area contributed by atoms with Gasteiger partial charge in [0.1, 0.15) is 5.01 Å². The minimum atomic E-state index is 0.881. The van der Waals surface area contributed by atoms with E-state index in [9.17, 15) is 0 Å². The fourth-order valence-corrected chi connectivity index (χ4v) is 2.97. The number of nitrogens with zero attached hydrogens (tertiary/aromatic N) is 2. The van der Waals surface area contributed by atoms with Gasteiger partial charge in [0, 0.05) is 30.6 Å². The topological polar surface area (TPSA) is 28.2 Å². The summed E-state index contributed by atoms with van der Waals surface area (Å²) in [7, 11) is 0. The zero-order valence-electron chi connectivity index (χ0n) is 11.1. The second-order valence-electron chi connectivity index (χ2n) is 4.79. The molecular formula is C13H23N3S. The first-order valence-electron chi connectivity index (χ1n) is 6.58. The van der Waals surface area contributed by atoms with Gasteiger partial charge >= 0.3 is 0 Å². The summed E-state index contributed by atoms with van der Waals surface area (Å²) in [5.74, 6) is 0. The van der Waals surface area contributed by atoms with Crippen LogP contribution in [0, 0.1) is 13.8 Å². The van der Waals surface area contributed by atoms with E-state index in [0.717, 1.165) is 19.1 Å². The summed E-state index contributed by atoms with van der Waals surface area (Å²) in [6, 6.07) is 0.881. The lowest BCUT2D eigenvalue weighted by molar-refractivity contribution is 0.277. The average molecular weight is 253 g/mol. The maximum Gasteiger partial charge on any atom is 0.107 e. The van der Waals surface area contributed by atoms with Gasteiger partial charge in [0.2, 0.25) is 0 Å². The van der Waals surface area contributed by atoms with Gasteiger partial charge in [-0.15, -0.1) is 11.3 Å². The Morgan fingerprint density at radius 3 is 2.71 bits per heavy atom. The van der Waals surface area contributed by atoms with Gasteiger partial charge in [-0.05, 0) is 33.2 Å². The third kappa shape index (κ3) is 3.76. The van der Waals surface area contributed by atoms with Crippen LogP contribution in [0.5, 0.6) is 0 Å². The van der Waals surface area contributed by atoms with E-state index >= 15 is 0 Å². The summed E-state index contributed by atoms with van der Waals surface area (Å²) < 4.78 is 0. The number of thiazole rings is 1. The fraction of sp³-hybridized carbons (Fsp3) is 0.769. The summed E-state index contributed by atoms with van der Waals surface area (Å²) >= 11 is 1.81. The molecule has 4 heteroatoms. The SMILES string of the molecule is CCN(CCNCc1nc(C)c(C)s1)C1CC1. The summed E-state index contributed by atoms with van der Waals surface area (Å²) in [5.41, 5.74) is 1.18. The Kier molecular flexibility index (Phi) is 4.54. The molecule has 1 fully saturated rings. The van der Waals surface area contributed by atoms with E-state index in [1.165, 1.54) is 41.5 Å². The van der Waals surface area contributed by atoms with Crippen molar-refractivity contribution in [1.29, 1.82) is 0 Å². The summed E-state index contributed by atoms with van der Waals surface area (Å²) in [6.07, 6.45) is 2.80. The highest BCUT2D eigenvalue weighted by Gasteiger charge is 2.26. The smallest absolute Gasteiger partial charge is 0.107 e. The monoisotopic (exact) mass is 253 g/mol. The minimum Gasteiger partial charge on any atom is -0.309 e. The van der Waals surface area contributed by atoms with Crippen LogP contribution in [0.15, 0.2) is 0 Å². The molecular weight excluding hydrogens is 230 g/mol. The van der Waals surface area contributed by atoms with Crippen molar-refractivity contribution >= 4 is 11.3 Å². The molecule has 3 nitrogen and oxygen atoms in total. The quantitative estimate of drug-likeness (QED) is 0.756. The van der Waals surface area contributed by atoms with Gasteiger partial charge in [-0.1, -0.05) is 6.92 Å². The molecule has 0 radical (unpaired) electrons.